The van der Waals surface area contributed by atoms with Gasteiger partial charge in [-0.05, 0) is 24.5 Å². The number of benzene rings is 1. The minimum absolute atomic E-state index is 0. The summed E-state index contributed by atoms with van der Waals surface area (Å²) < 4.78 is 0. The third-order valence-electron chi connectivity index (χ3n) is 1.64. The predicted octanol–water partition coefficient (Wildman–Crippen LogP) is 1.73. The molecule has 1 nitrogen and oxygen atoms in total. The maximum absolute atomic E-state index is 2.18. The molecule has 10 heavy (non-hydrogen) atoms. The van der Waals surface area contributed by atoms with E-state index in [1.165, 1.54) is 11.1 Å². The molecule has 2 N–H and O–H groups in total. The van der Waals surface area contributed by atoms with E-state index in [9.17, 15) is 0 Å². The van der Waals surface area contributed by atoms with E-state index in [1.54, 1.807) is 0 Å². The average molecular weight is 138 g/mol. The first-order valence-electron chi connectivity index (χ1n) is 3.39. The van der Waals surface area contributed by atoms with Gasteiger partial charge in [-0.2, -0.15) is 0 Å². The van der Waals surface area contributed by atoms with Gasteiger partial charge in [0.2, 0.25) is 0 Å². The Labute approximate surface area is 62.0 Å². The number of rotatable bonds is 1. The first kappa shape index (κ1) is 9.18. The number of aryl methyl sites for hydroxylation is 2. The maximum Gasteiger partial charge on any atom is -0.0305 e. The van der Waals surface area contributed by atoms with Gasteiger partial charge in [-0.25, -0.2) is 0 Å². The highest BCUT2D eigenvalue weighted by molar-refractivity contribution is 5.24. The fourth-order valence-corrected chi connectivity index (χ4v) is 1.01. The van der Waals surface area contributed by atoms with Crippen molar-refractivity contribution in [2.45, 2.75) is 20.3 Å². The third kappa shape index (κ3) is 1.85. The van der Waals surface area contributed by atoms with Crippen LogP contribution in [-0.2, 0) is 6.42 Å². The third-order valence-corrected chi connectivity index (χ3v) is 1.64. The van der Waals surface area contributed by atoms with Crippen molar-refractivity contribution in [3.8, 4) is 0 Å². The van der Waals surface area contributed by atoms with Gasteiger partial charge < -0.3 is 5.48 Å². The van der Waals surface area contributed by atoms with Crippen LogP contribution in [-0.4, -0.2) is 5.48 Å². The molecule has 0 aromatic heterocycles. The van der Waals surface area contributed by atoms with Gasteiger partial charge in [0, 0.05) is 0 Å². The molecule has 0 atom stereocenters. The quantitative estimate of drug-likeness (QED) is 0.566. The monoisotopic (exact) mass is 138 g/mol. The minimum atomic E-state index is 0. The van der Waals surface area contributed by atoms with Crippen molar-refractivity contribution in [3.63, 3.8) is 0 Å². The second-order valence-electron chi connectivity index (χ2n) is 2.28. The van der Waals surface area contributed by atoms with Crippen molar-refractivity contribution in [1.29, 1.82) is 0 Å². The van der Waals surface area contributed by atoms with Gasteiger partial charge in [0.25, 0.3) is 0 Å². The Bertz CT molecular complexity index is 194. The van der Waals surface area contributed by atoms with Gasteiger partial charge >= 0.3 is 0 Å². The molecule has 56 valence electrons. The van der Waals surface area contributed by atoms with Gasteiger partial charge in [-0.15, -0.1) is 0 Å². The predicted molar refractivity (Wildman–Crippen MR) is 44.2 cm³/mol. The van der Waals surface area contributed by atoms with Gasteiger partial charge in [-0.1, -0.05) is 31.2 Å². The van der Waals surface area contributed by atoms with E-state index in [-0.39, 0.29) is 5.48 Å². The van der Waals surface area contributed by atoms with Crippen molar-refractivity contribution in [2.75, 3.05) is 0 Å². The number of hydrogen-bond donors (Lipinski definition) is 0. The smallest absolute Gasteiger partial charge is 0.0305 e. The summed E-state index contributed by atoms with van der Waals surface area (Å²) in [5, 5.41) is 0. The highest BCUT2D eigenvalue weighted by Gasteiger charge is 1.89. The normalized spacial score (nSPS) is 8.60. The Morgan fingerprint density at radius 2 is 1.80 bits per heavy atom. The van der Waals surface area contributed by atoms with Crippen LogP contribution in [0.4, 0.5) is 0 Å². The summed E-state index contributed by atoms with van der Waals surface area (Å²) >= 11 is 0. The van der Waals surface area contributed by atoms with Crippen LogP contribution in [0.2, 0.25) is 0 Å². The Balaban J connectivity index is 0.000000810. The zero-order valence-electron chi connectivity index (χ0n) is 6.52. The fraction of sp³-hybridized carbons (Fsp3) is 0.333. The van der Waals surface area contributed by atoms with Gasteiger partial charge in [-0.3, -0.25) is 0 Å². The lowest BCUT2D eigenvalue weighted by molar-refractivity contribution is 0.824. The summed E-state index contributed by atoms with van der Waals surface area (Å²) in [6, 6.07) is 8.49. The first-order valence-corrected chi connectivity index (χ1v) is 3.39. The standard InChI is InChI=1S/C9H12.H2O/c1-3-9-7-5-4-6-8(9)2;/h4-7H,3H2,1-2H3;1H2. The average Bonchev–Trinajstić information content (AvgIpc) is 1.89. The van der Waals surface area contributed by atoms with E-state index >= 15 is 0 Å². The van der Waals surface area contributed by atoms with Crippen LogP contribution < -0.4 is 0 Å². The zero-order valence-corrected chi connectivity index (χ0v) is 6.52. The molecule has 0 aliphatic carbocycles. The summed E-state index contributed by atoms with van der Waals surface area (Å²) in [7, 11) is 0. The SMILES string of the molecule is CCc1ccccc1C.O. The molecule has 0 unspecified atom stereocenters. The lowest BCUT2D eigenvalue weighted by Gasteiger charge is -1.98. The summed E-state index contributed by atoms with van der Waals surface area (Å²) in [6.45, 7) is 4.33. The lowest BCUT2D eigenvalue weighted by Crippen LogP contribution is -1.82. The molecule has 1 rings (SSSR count). The molecule has 0 aliphatic rings. The highest BCUT2D eigenvalue weighted by atomic mass is 16.0. The summed E-state index contributed by atoms with van der Waals surface area (Å²) in [6.07, 6.45) is 1.15. The molecule has 0 heterocycles. The van der Waals surface area contributed by atoms with Gasteiger partial charge in [0.05, 0.1) is 0 Å². The van der Waals surface area contributed by atoms with Crippen molar-refractivity contribution in [3.05, 3.63) is 35.4 Å². The zero-order chi connectivity index (χ0) is 6.69. The molecule has 1 aromatic carbocycles. The summed E-state index contributed by atoms with van der Waals surface area (Å²) in [4.78, 5) is 0. The fourth-order valence-electron chi connectivity index (χ4n) is 1.01. The van der Waals surface area contributed by atoms with Crippen molar-refractivity contribution >= 4 is 0 Å². The van der Waals surface area contributed by atoms with Crippen LogP contribution in [0.5, 0.6) is 0 Å². The Morgan fingerprint density at radius 1 is 1.20 bits per heavy atom. The molecule has 0 fully saturated rings. The van der Waals surface area contributed by atoms with Crippen LogP contribution in [0, 0.1) is 6.92 Å². The molecule has 0 saturated heterocycles. The molecule has 0 radical (unpaired) electrons. The Morgan fingerprint density at radius 3 is 2.20 bits per heavy atom. The second-order valence-corrected chi connectivity index (χ2v) is 2.28. The van der Waals surface area contributed by atoms with E-state index in [0.29, 0.717) is 0 Å². The Kier molecular flexibility index (Phi) is 3.74. The molecule has 0 spiro atoms. The maximum atomic E-state index is 2.18. The molecular weight excluding hydrogens is 124 g/mol. The van der Waals surface area contributed by atoms with Crippen molar-refractivity contribution in [1.82, 2.24) is 0 Å². The van der Waals surface area contributed by atoms with E-state index in [1.807, 2.05) is 0 Å². The molecular formula is C9H14O. The molecule has 0 aliphatic heterocycles. The summed E-state index contributed by atoms with van der Waals surface area (Å²) in [5.41, 5.74) is 2.86. The molecule has 0 saturated carbocycles. The van der Waals surface area contributed by atoms with Gasteiger partial charge in [0.1, 0.15) is 0 Å². The second kappa shape index (κ2) is 4.07. The molecule has 1 aromatic rings. The highest BCUT2D eigenvalue weighted by Crippen LogP contribution is 2.06. The minimum Gasteiger partial charge on any atom is -0.412 e. The first-order chi connectivity index (χ1) is 4.34. The van der Waals surface area contributed by atoms with Crippen molar-refractivity contribution in [2.24, 2.45) is 0 Å². The van der Waals surface area contributed by atoms with Crippen LogP contribution in [0.15, 0.2) is 24.3 Å². The lowest BCUT2D eigenvalue weighted by atomic mass is 10.1. The van der Waals surface area contributed by atoms with E-state index < -0.39 is 0 Å². The van der Waals surface area contributed by atoms with Crippen molar-refractivity contribution < 1.29 is 5.48 Å². The van der Waals surface area contributed by atoms with Crippen LogP contribution >= 0.6 is 0 Å². The van der Waals surface area contributed by atoms with Crippen LogP contribution in [0.3, 0.4) is 0 Å². The summed E-state index contributed by atoms with van der Waals surface area (Å²) in [5.74, 6) is 0. The van der Waals surface area contributed by atoms with Crippen LogP contribution in [0.25, 0.3) is 0 Å². The Hall–Kier alpha value is -0.820. The molecule has 0 amide bonds. The van der Waals surface area contributed by atoms with E-state index in [2.05, 4.69) is 38.1 Å². The van der Waals surface area contributed by atoms with E-state index in [4.69, 9.17) is 0 Å². The largest absolute Gasteiger partial charge is 0.412 e. The topological polar surface area (TPSA) is 31.5 Å². The van der Waals surface area contributed by atoms with Crippen LogP contribution in [0.1, 0.15) is 18.1 Å². The number of hydrogen-bond acceptors (Lipinski definition) is 0. The van der Waals surface area contributed by atoms with Gasteiger partial charge in [0.15, 0.2) is 0 Å². The molecule has 1 heteroatoms. The van der Waals surface area contributed by atoms with E-state index in [0.717, 1.165) is 6.42 Å². The molecule has 0 bridgehead atoms.